The van der Waals surface area contributed by atoms with E-state index in [0.717, 1.165) is 33.4 Å². The van der Waals surface area contributed by atoms with E-state index in [1.165, 1.54) is 0 Å². The van der Waals surface area contributed by atoms with Crippen LogP contribution in [0.1, 0.15) is 62.5 Å². The van der Waals surface area contributed by atoms with Crippen LogP contribution in [0.5, 0.6) is 11.8 Å². The van der Waals surface area contributed by atoms with E-state index in [9.17, 15) is 0 Å². The molecule has 6 aromatic rings. The zero-order valence-corrected chi connectivity index (χ0v) is 37.2. The number of nitrogens with zero attached hydrogens (tertiary/aromatic N) is 2. The van der Waals surface area contributed by atoms with Crippen LogP contribution >= 0.6 is 0 Å². The highest BCUT2D eigenvalue weighted by molar-refractivity contribution is 7.92. The molecule has 12 heteroatoms. The Morgan fingerprint density at radius 3 is 1.46 bits per heavy atom. The van der Waals surface area contributed by atoms with Gasteiger partial charge in [0.1, 0.15) is 10.9 Å². The maximum atomic E-state index is 15.7. The Morgan fingerprint density at radius 1 is 0.540 bits per heavy atom. The first-order chi connectivity index (χ1) is 30.5. The first-order valence-electron chi connectivity index (χ1n) is 21.5. The molecule has 2 aromatic heterocycles. The van der Waals surface area contributed by atoms with Crippen LogP contribution in [-0.2, 0) is 42.0 Å². The van der Waals surface area contributed by atoms with E-state index >= 15 is 21.6 Å². The fourth-order valence-electron chi connectivity index (χ4n) is 9.67. The molecule has 0 saturated heterocycles. The van der Waals surface area contributed by atoms with Crippen molar-refractivity contribution in [1.29, 1.82) is 0 Å². The normalized spacial score (nSPS) is 21.6. The van der Waals surface area contributed by atoms with Crippen molar-refractivity contribution < 1.29 is 35.8 Å². The smallest absolute Gasteiger partial charge is 0.314 e. The fourth-order valence-corrected chi connectivity index (χ4v) is 14.0. The van der Waals surface area contributed by atoms with Crippen molar-refractivity contribution in [3.63, 3.8) is 0 Å². The summed E-state index contributed by atoms with van der Waals surface area (Å²) in [5.74, 6) is 0.275. The summed E-state index contributed by atoms with van der Waals surface area (Å²) in [4.78, 5) is 24.5. The summed E-state index contributed by atoms with van der Waals surface area (Å²) in [5, 5.41) is -2.23. The van der Waals surface area contributed by atoms with E-state index in [1.54, 1.807) is 87.3 Å². The minimum absolute atomic E-state index is 0.107. The Labute approximate surface area is 370 Å². The number of methoxy groups -OCH3 is 2. The quantitative estimate of drug-likeness (QED) is 0.0972. The second-order valence-electron chi connectivity index (χ2n) is 16.7. The second-order valence-corrected chi connectivity index (χ2v) is 21.0. The van der Waals surface area contributed by atoms with Gasteiger partial charge in [0.15, 0.2) is 19.7 Å². The van der Waals surface area contributed by atoms with Crippen LogP contribution in [-0.4, -0.2) is 63.1 Å². The first kappa shape index (κ1) is 43.8. The van der Waals surface area contributed by atoms with Gasteiger partial charge in [-0.2, -0.15) is 0 Å². The molecule has 0 bridgehead atoms. The lowest BCUT2D eigenvalue weighted by atomic mass is 9.69. The number of carbonyl (C=O) groups excluding carboxylic acids is 1. The summed E-state index contributed by atoms with van der Waals surface area (Å²) in [6.45, 7) is 0. The molecule has 0 radical (unpaired) electrons. The summed E-state index contributed by atoms with van der Waals surface area (Å²) < 4.78 is 77.8. The molecule has 326 valence electrons. The molecule has 4 aromatic carbocycles. The largest absolute Gasteiger partial charge is 0.481 e. The van der Waals surface area contributed by atoms with E-state index in [1.807, 2.05) is 72.8 Å². The number of hydrogen-bond acceptors (Lipinski definition) is 10. The lowest BCUT2D eigenvalue weighted by Gasteiger charge is -2.48. The summed E-state index contributed by atoms with van der Waals surface area (Å²) in [6.07, 6.45) is 7.19. The molecule has 2 aliphatic carbocycles. The van der Waals surface area contributed by atoms with Gasteiger partial charge >= 0.3 is 5.97 Å². The van der Waals surface area contributed by atoms with Gasteiger partial charge in [-0.3, -0.25) is 4.79 Å². The number of carbonyl (C=O) groups is 1. The maximum Gasteiger partial charge on any atom is 0.314 e. The van der Waals surface area contributed by atoms with Gasteiger partial charge in [-0.15, -0.1) is 0 Å². The van der Waals surface area contributed by atoms with Crippen molar-refractivity contribution in [2.45, 2.75) is 90.1 Å². The Kier molecular flexibility index (Phi) is 12.8. The summed E-state index contributed by atoms with van der Waals surface area (Å²) in [6, 6.07) is 39.6. The third kappa shape index (κ3) is 9.01. The van der Waals surface area contributed by atoms with Crippen LogP contribution in [0.25, 0.3) is 22.3 Å². The lowest BCUT2D eigenvalue weighted by Crippen LogP contribution is -2.58. The molecular formula is C51H52N2O8S2. The van der Waals surface area contributed by atoms with Gasteiger partial charge in [-0.1, -0.05) is 104 Å². The number of benzene rings is 4. The van der Waals surface area contributed by atoms with Crippen LogP contribution in [0, 0.1) is 5.41 Å². The highest BCUT2D eigenvalue weighted by Crippen LogP contribution is 2.49. The molecule has 0 aliphatic heterocycles. The number of pyridine rings is 2. The molecular weight excluding hydrogens is 833 g/mol. The van der Waals surface area contributed by atoms with Gasteiger partial charge in [0.2, 0.25) is 11.8 Å². The van der Waals surface area contributed by atoms with E-state index in [4.69, 9.17) is 14.2 Å². The molecule has 2 saturated carbocycles. The van der Waals surface area contributed by atoms with Crippen molar-refractivity contribution in [2.24, 2.45) is 5.41 Å². The predicted octanol–water partition coefficient (Wildman–Crippen LogP) is 9.71. The number of hydrogen-bond donors (Lipinski definition) is 0. The van der Waals surface area contributed by atoms with Crippen molar-refractivity contribution in [1.82, 2.24) is 9.97 Å². The van der Waals surface area contributed by atoms with E-state index in [-0.39, 0.29) is 41.9 Å². The summed E-state index contributed by atoms with van der Waals surface area (Å²) in [5.41, 5.74) is 1.79. The minimum Gasteiger partial charge on any atom is -0.481 e. The minimum atomic E-state index is -4.15. The van der Waals surface area contributed by atoms with Crippen LogP contribution in [0.3, 0.4) is 0 Å². The maximum absolute atomic E-state index is 15.7. The number of rotatable bonds is 14. The molecule has 0 spiro atoms. The fraction of sp³-hybridized carbons (Fsp3) is 0.314. The SMILES string of the molecule is COc1ccc(-c2ccc(S(=O)(=O)C3CCCCC3(Cc3ccccc3)OC(=O)C3(Cc4ccccc4)CCCCC3S(=O)(=O)c3ccc(-c4ccc(OC)nc4)cc3)cc2)cn1. The van der Waals surface area contributed by atoms with Gasteiger partial charge in [-0.05, 0) is 97.2 Å². The van der Waals surface area contributed by atoms with Crippen LogP contribution in [0.15, 0.2) is 156 Å². The van der Waals surface area contributed by atoms with Crippen molar-refractivity contribution in [3.8, 4) is 34.0 Å². The average molecular weight is 885 g/mol. The summed E-state index contributed by atoms with van der Waals surface area (Å²) in [7, 11) is -5.17. The van der Waals surface area contributed by atoms with Crippen LogP contribution in [0.4, 0.5) is 0 Å². The lowest BCUT2D eigenvalue weighted by molar-refractivity contribution is -0.177. The van der Waals surface area contributed by atoms with Gasteiger partial charge in [-0.25, -0.2) is 26.8 Å². The number of aromatic nitrogens is 2. The molecule has 0 amide bonds. The Morgan fingerprint density at radius 2 is 0.984 bits per heavy atom. The van der Waals surface area contributed by atoms with E-state index in [2.05, 4.69) is 9.97 Å². The van der Waals surface area contributed by atoms with Crippen LogP contribution < -0.4 is 9.47 Å². The average Bonchev–Trinajstić information content (AvgIpc) is 3.32. The zero-order chi connectivity index (χ0) is 44.1. The Hall–Kier alpha value is -5.85. The molecule has 2 heterocycles. The monoisotopic (exact) mass is 884 g/mol. The van der Waals surface area contributed by atoms with Crippen molar-refractivity contribution in [3.05, 3.63) is 157 Å². The van der Waals surface area contributed by atoms with E-state index < -0.39 is 47.2 Å². The predicted molar refractivity (Wildman–Crippen MR) is 243 cm³/mol. The standard InChI is InChI=1S/C51H52N2O8S2/c1-59-47-29-23-41(35-52-47)39-19-25-43(26-20-39)62(55,56)45-17-9-11-31-50(45,33-37-13-5-3-6-14-37)49(54)61-51(34-38-15-7-4-8-16-38)32-12-10-18-46(51)63(57,58)44-27-21-40(22-28-44)42-24-30-48(60-2)53-36-42/h3-8,13-16,19-30,35-36,45-46H,9-12,17-18,31-34H2,1-2H3. The molecule has 4 atom stereocenters. The molecule has 8 rings (SSSR count). The van der Waals surface area contributed by atoms with E-state index in [0.29, 0.717) is 43.9 Å². The topological polar surface area (TPSA) is 139 Å². The zero-order valence-electron chi connectivity index (χ0n) is 35.6. The van der Waals surface area contributed by atoms with Gasteiger partial charge < -0.3 is 14.2 Å². The molecule has 10 nitrogen and oxygen atoms in total. The van der Waals surface area contributed by atoms with Crippen molar-refractivity contribution >= 4 is 25.6 Å². The number of sulfone groups is 2. The van der Waals surface area contributed by atoms with Crippen LogP contribution in [0.2, 0.25) is 0 Å². The van der Waals surface area contributed by atoms with Crippen molar-refractivity contribution in [2.75, 3.05) is 14.2 Å². The number of esters is 1. The third-order valence-corrected chi connectivity index (χ3v) is 17.7. The Balaban J connectivity index is 1.19. The molecule has 2 fully saturated rings. The molecule has 0 N–H and O–H groups in total. The van der Waals surface area contributed by atoms with Gasteiger partial charge in [0.25, 0.3) is 0 Å². The first-order valence-corrected chi connectivity index (χ1v) is 24.6. The number of ether oxygens (including phenoxy) is 3. The Bertz CT molecular complexity index is 2720. The molecule has 4 unspecified atom stereocenters. The van der Waals surface area contributed by atoms with Gasteiger partial charge in [0.05, 0.1) is 34.7 Å². The highest BCUT2D eigenvalue weighted by Gasteiger charge is 2.58. The highest BCUT2D eigenvalue weighted by atomic mass is 32.2. The molecule has 2 aliphatic rings. The van der Waals surface area contributed by atoms with Gasteiger partial charge in [0, 0.05) is 42.1 Å². The third-order valence-electron chi connectivity index (χ3n) is 12.9. The second kappa shape index (κ2) is 18.5. The summed E-state index contributed by atoms with van der Waals surface area (Å²) >= 11 is 0. The molecule has 63 heavy (non-hydrogen) atoms.